The van der Waals surface area contributed by atoms with Crippen LogP contribution in [0.15, 0.2) is 44.7 Å². The standard InChI is InChI=1S/C15H15Br2NOS/c16-12-3-1-2-11(8-12)14-9-18(5-6-19-14)10-15-13(17)4-7-20-15/h1-4,7-8,14H,5-6,9-10H2. The molecule has 0 saturated carbocycles. The summed E-state index contributed by atoms with van der Waals surface area (Å²) in [4.78, 5) is 3.85. The number of hydrogen-bond donors (Lipinski definition) is 0. The largest absolute Gasteiger partial charge is 0.371 e. The van der Waals surface area contributed by atoms with E-state index in [1.807, 2.05) is 6.07 Å². The summed E-state index contributed by atoms with van der Waals surface area (Å²) in [5, 5.41) is 2.13. The molecule has 0 aliphatic carbocycles. The summed E-state index contributed by atoms with van der Waals surface area (Å²) in [7, 11) is 0. The van der Waals surface area contributed by atoms with Gasteiger partial charge >= 0.3 is 0 Å². The molecule has 3 rings (SSSR count). The van der Waals surface area contributed by atoms with E-state index >= 15 is 0 Å². The van der Waals surface area contributed by atoms with Gasteiger partial charge in [-0.3, -0.25) is 4.90 Å². The Labute approximate surface area is 140 Å². The Bertz CT molecular complexity index is 587. The molecule has 5 heteroatoms. The van der Waals surface area contributed by atoms with Crippen molar-refractivity contribution in [1.29, 1.82) is 0 Å². The van der Waals surface area contributed by atoms with E-state index in [0.29, 0.717) is 0 Å². The van der Waals surface area contributed by atoms with E-state index in [1.165, 1.54) is 14.9 Å². The van der Waals surface area contributed by atoms with E-state index in [4.69, 9.17) is 4.74 Å². The molecule has 106 valence electrons. The van der Waals surface area contributed by atoms with Gasteiger partial charge in [-0.05, 0) is 45.1 Å². The molecule has 1 aliphatic heterocycles. The predicted molar refractivity (Wildman–Crippen MR) is 90.1 cm³/mol. The van der Waals surface area contributed by atoms with Crippen molar-refractivity contribution in [3.05, 3.63) is 55.1 Å². The number of hydrogen-bond acceptors (Lipinski definition) is 3. The molecule has 1 atom stereocenters. The molecule has 20 heavy (non-hydrogen) atoms. The summed E-state index contributed by atoms with van der Waals surface area (Å²) in [6.45, 7) is 3.72. The van der Waals surface area contributed by atoms with Crippen LogP contribution in [0.2, 0.25) is 0 Å². The lowest BCUT2D eigenvalue weighted by Crippen LogP contribution is -2.37. The summed E-state index contributed by atoms with van der Waals surface area (Å²) in [6.07, 6.45) is 0.167. The first-order chi connectivity index (χ1) is 9.72. The summed E-state index contributed by atoms with van der Waals surface area (Å²) < 4.78 is 8.25. The third kappa shape index (κ3) is 3.52. The molecule has 2 nitrogen and oxygen atoms in total. The number of nitrogens with zero attached hydrogens (tertiary/aromatic N) is 1. The number of morpholine rings is 1. The van der Waals surface area contributed by atoms with Crippen LogP contribution in [0.3, 0.4) is 0 Å². The number of thiophene rings is 1. The van der Waals surface area contributed by atoms with Crippen molar-refractivity contribution in [2.45, 2.75) is 12.6 Å². The number of halogens is 2. The maximum Gasteiger partial charge on any atom is 0.0952 e. The molecule has 1 aromatic carbocycles. The number of benzene rings is 1. The quantitative estimate of drug-likeness (QED) is 0.709. The molecule has 2 heterocycles. The molecular weight excluding hydrogens is 402 g/mol. The van der Waals surface area contributed by atoms with Gasteiger partial charge in [0.05, 0.1) is 12.7 Å². The maximum absolute atomic E-state index is 5.93. The predicted octanol–water partition coefficient (Wildman–Crippen LogP) is 4.85. The minimum Gasteiger partial charge on any atom is -0.371 e. The van der Waals surface area contributed by atoms with Crippen LogP contribution < -0.4 is 0 Å². The second kappa shape index (κ2) is 6.71. The smallest absolute Gasteiger partial charge is 0.0952 e. The number of ether oxygens (including phenoxy) is 1. The minimum atomic E-state index is 0.167. The summed E-state index contributed by atoms with van der Waals surface area (Å²) in [5.74, 6) is 0. The van der Waals surface area contributed by atoms with Gasteiger partial charge in [-0.15, -0.1) is 11.3 Å². The molecule has 1 saturated heterocycles. The second-order valence-electron chi connectivity index (χ2n) is 4.84. The second-order valence-corrected chi connectivity index (χ2v) is 7.61. The van der Waals surface area contributed by atoms with Crippen LogP contribution in [0.1, 0.15) is 16.5 Å². The van der Waals surface area contributed by atoms with Gasteiger partial charge in [-0.1, -0.05) is 28.1 Å². The highest BCUT2D eigenvalue weighted by atomic mass is 79.9. The van der Waals surface area contributed by atoms with Gasteiger partial charge in [-0.2, -0.15) is 0 Å². The molecule has 2 aromatic rings. The molecular formula is C15H15Br2NOS. The van der Waals surface area contributed by atoms with Crippen LogP contribution >= 0.6 is 43.2 Å². The third-order valence-electron chi connectivity index (χ3n) is 3.43. The molecule has 1 aromatic heterocycles. The average Bonchev–Trinajstić information content (AvgIpc) is 2.85. The topological polar surface area (TPSA) is 12.5 Å². The van der Waals surface area contributed by atoms with E-state index in [-0.39, 0.29) is 6.10 Å². The van der Waals surface area contributed by atoms with Gasteiger partial charge in [0.1, 0.15) is 0 Å². The van der Waals surface area contributed by atoms with E-state index in [1.54, 1.807) is 11.3 Å². The van der Waals surface area contributed by atoms with E-state index < -0.39 is 0 Å². The SMILES string of the molecule is Brc1cccc(C2CN(Cc3sccc3Br)CCO2)c1. The molecule has 0 radical (unpaired) electrons. The highest BCUT2D eigenvalue weighted by molar-refractivity contribution is 9.10. The maximum atomic E-state index is 5.93. The lowest BCUT2D eigenvalue weighted by Gasteiger charge is -2.33. The first kappa shape index (κ1) is 14.7. The Morgan fingerprint density at radius 2 is 2.20 bits per heavy atom. The fraction of sp³-hybridized carbons (Fsp3) is 0.333. The van der Waals surface area contributed by atoms with E-state index in [9.17, 15) is 0 Å². The average molecular weight is 417 g/mol. The van der Waals surface area contributed by atoms with Gasteiger partial charge in [0.15, 0.2) is 0 Å². The van der Waals surface area contributed by atoms with Crippen molar-refractivity contribution in [1.82, 2.24) is 4.90 Å². The highest BCUT2D eigenvalue weighted by Gasteiger charge is 2.22. The Hall–Kier alpha value is -0.200. The Kier molecular flexibility index (Phi) is 4.94. The van der Waals surface area contributed by atoms with Crippen molar-refractivity contribution in [3.8, 4) is 0 Å². The molecule has 0 amide bonds. The first-order valence-electron chi connectivity index (χ1n) is 6.53. The molecule has 0 spiro atoms. The molecule has 1 aliphatic rings. The fourth-order valence-electron chi connectivity index (χ4n) is 2.40. The van der Waals surface area contributed by atoms with Crippen molar-refractivity contribution < 1.29 is 4.74 Å². The lowest BCUT2D eigenvalue weighted by molar-refractivity contribution is -0.0327. The van der Waals surface area contributed by atoms with Crippen molar-refractivity contribution >= 4 is 43.2 Å². The molecule has 0 bridgehead atoms. The summed E-state index contributed by atoms with van der Waals surface area (Å²) >= 11 is 8.94. The van der Waals surface area contributed by atoms with Gasteiger partial charge < -0.3 is 4.74 Å². The van der Waals surface area contributed by atoms with Crippen LogP contribution in [0.5, 0.6) is 0 Å². The zero-order valence-corrected chi connectivity index (χ0v) is 14.9. The summed E-state index contributed by atoms with van der Waals surface area (Å²) in [6, 6.07) is 10.5. The minimum absolute atomic E-state index is 0.167. The zero-order valence-electron chi connectivity index (χ0n) is 10.9. The van der Waals surface area contributed by atoms with Crippen LogP contribution in [0.25, 0.3) is 0 Å². The molecule has 1 unspecified atom stereocenters. The van der Waals surface area contributed by atoms with Crippen molar-refractivity contribution in [3.63, 3.8) is 0 Å². The van der Waals surface area contributed by atoms with E-state index in [2.05, 4.69) is 66.4 Å². The van der Waals surface area contributed by atoms with Crippen LogP contribution in [-0.2, 0) is 11.3 Å². The fourth-order valence-corrected chi connectivity index (χ4v) is 4.33. The zero-order chi connectivity index (χ0) is 13.9. The first-order valence-corrected chi connectivity index (χ1v) is 9.00. The van der Waals surface area contributed by atoms with Gasteiger partial charge in [0, 0.05) is 33.5 Å². The van der Waals surface area contributed by atoms with Crippen LogP contribution in [-0.4, -0.2) is 24.6 Å². The molecule has 1 fully saturated rings. The van der Waals surface area contributed by atoms with Crippen LogP contribution in [0, 0.1) is 0 Å². The van der Waals surface area contributed by atoms with E-state index in [0.717, 1.165) is 30.7 Å². The van der Waals surface area contributed by atoms with Gasteiger partial charge in [-0.25, -0.2) is 0 Å². The summed E-state index contributed by atoms with van der Waals surface area (Å²) in [5.41, 5.74) is 1.24. The Balaban J connectivity index is 1.69. The Morgan fingerprint density at radius 1 is 1.30 bits per heavy atom. The monoisotopic (exact) mass is 415 g/mol. The molecule has 0 N–H and O–H groups in total. The Morgan fingerprint density at radius 3 is 2.95 bits per heavy atom. The lowest BCUT2D eigenvalue weighted by atomic mass is 10.1. The van der Waals surface area contributed by atoms with Crippen molar-refractivity contribution in [2.24, 2.45) is 0 Å². The normalized spacial score (nSPS) is 20.2. The number of rotatable bonds is 3. The van der Waals surface area contributed by atoms with Gasteiger partial charge in [0.2, 0.25) is 0 Å². The van der Waals surface area contributed by atoms with Gasteiger partial charge in [0.25, 0.3) is 0 Å². The van der Waals surface area contributed by atoms with Crippen LogP contribution in [0.4, 0.5) is 0 Å². The van der Waals surface area contributed by atoms with Crippen molar-refractivity contribution in [2.75, 3.05) is 19.7 Å². The highest BCUT2D eigenvalue weighted by Crippen LogP contribution is 2.28. The third-order valence-corrected chi connectivity index (χ3v) is 5.83.